The summed E-state index contributed by atoms with van der Waals surface area (Å²) in [4.78, 5) is 24.4. The Kier molecular flexibility index (Phi) is 5.52. The van der Waals surface area contributed by atoms with Gasteiger partial charge in [-0.05, 0) is 43.7 Å². The number of benzene rings is 2. The van der Waals surface area contributed by atoms with Crippen molar-refractivity contribution in [3.63, 3.8) is 0 Å². The van der Waals surface area contributed by atoms with Crippen LogP contribution in [0, 0.1) is 6.92 Å². The number of fused-ring (bicyclic) bond motifs is 1. The maximum atomic E-state index is 12.5. The zero-order valence-corrected chi connectivity index (χ0v) is 16.9. The average Bonchev–Trinajstić information content (AvgIpc) is 3.03. The first-order valence-electron chi connectivity index (χ1n) is 9.90. The number of aryl methyl sites for hydroxylation is 1. The third-order valence-corrected chi connectivity index (χ3v) is 4.99. The standard InChI is InChI=1S/C23H23N3O4/c1-3-29-21(28)14-26-23-22(15(2)25-26)19(13-20(27)24-23)16-8-7-11-18(12-16)30-17-9-5-4-6-10-17/h4-12,19H,3,13-14H2,1-2H3,(H,24,27)/t19-/m1/s1. The fraction of sp³-hybridized carbons (Fsp3) is 0.261. The molecular formula is C23H23N3O4. The van der Waals surface area contributed by atoms with Crippen molar-refractivity contribution in [2.24, 2.45) is 0 Å². The fourth-order valence-electron chi connectivity index (χ4n) is 3.76. The Morgan fingerprint density at radius 1 is 1.17 bits per heavy atom. The molecule has 2 aromatic carbocycles. The average molecular weight is 405 g/mol. The second kappa shape index (κ2) is 8.41. The van der Waals surface area contributed by atoms with Crippen LogP contribution in [0.2, 0.25) is 0 Å². The fourth-order valence-corrected chi connectivity index (χ4v) is 3.76. The van der Waals surface area contributed by atoms with Crippen LogP contribution in [0.5, 0.6) is 11.5 Å². The predicted octanol–water partition coefficient (Wildman–Crippen LogP) is 4.02. The Labute approximate surface area is 174 Å². The number of carbonyl (C=O) groups excluding carboxylic acids is 2. The van der Waals surface area contributed by atoms with Crippen molar-refractivity contribution in [2.45, 2.75) is 32.7 Å². The number of nitrogens with zero attached hydrogens (tertiary/aromatic N) is 2. The third kappa shape index (κ3) is 4.05. The van der Waals surface area contributed by atoms with Crippen LogP contribution < -0.4 is 10.1 Å². The number of ether oxygens (including phenoxy) is 2. The highest BCUT2D eigenvalue weighted by molar-refractivity contribution is 5.95. The summed E-state index contributed by atoms with van der Waals surface area (Å²) >= 11 is 0. The molecule has 7 nitrogen and oxygen atoms in total. The van der Waals surface area contributed by atoms with E-state index in [9.17, 15) is 9.59 Å². The molecule has 0 radical (unpaired) electrons. The zero-order chi connectivity index (χ0) is 21.1. The van der Waals surface area contributed by atoms with E-state index in [-0.39, 0.29) is 18.4 Å². The minimum Gasteiger partial charge on any atom is -0.465 e. The van der Waals surface area contributed by atoms with Crippen LogP contribution in [-0.2, 0) is 20.9 Å². The predicted molar refractivity (Wildman–Crippen MR) is 112 cm³/mol. The molecule has 1 atom stereocenters. The van der Waals surface area contributed by atoms with Gasteiger partial charge in [0.2, 0.25) is 5.91 Å². The summed E-state index contributed by atoms with van der Waals surface area (Å²) in [6.07, 6.45) is 0.299. The molecule has 0 bridgehead atoms. The molecule has 2 heterocycles. The molecule has 30 heavy (non-hydrogen) atoms. The molecule has 1 aliphatic rings. The summed E-state index contributed by atoms with van der Waals surface area (Å²) in [5.74, 6) is 1.31. The van der Waals surface area contributed by atoms with E-state index < -0.39 is 5.97 Å². The number of hydrogen-bond donors (Lipinski definition) is 1. The van der Waals surface area contributed by atoms with Crippen molar-refractivity contribution in [3.8, 4) is 11.5 Å². The molecule has 0 spiro atoms. The Morgan fingerprint density at radius 2 is 1.93 bits per heavy atom. The number of carbonyl (C=O) groups is 2. The van der Waals surface area contributed by atoms with Crippen molar-refractivity contribution in [1.29, 1.82) is 0 Å². The van der Waals surface area contributed by atoms with E-state index in [1.165, 1.54) is 4.68 Å². The minimum atomic E-state index is -0.391. The van der Waals surface area contributed by atoms with Crippen molar-refractivity contribution in [1.82, 2.24) is 9.78 Å². The van der Waals surface area contributed by atoms with Gasteiger partial charge in [0.05, 0.1) is 12.3 Å². The van der Waals surface area contributed by atoms with Gasteiger partial charge in [-0.25, -0.2) is 4.68 Å². The van der Waals surface area contributed by atoms with Crippen molar-refractivity contribution in [3.05, 3.63) is 71.4 Å². The first-order valence-corrected chi connectivity index (χ1v) is 9.90. The zero-order valence-electron chi connectivity index (χ0n) is 16.9. The first-order chi connectivity index (χ1) is 14.5. The van der Waals surface area contributed by atoms with Crippen LogP contribution >= 0.6 is 0 Å². The van der Waals surface area contributed by atoms with Crippen LogP contribution in [0.4, 0.5) is 5.82 Å². The minimum absolute atomic E-state index is 0.0474. The molecule has 154 valence electrons. The summed E-state index contributed by atoms with van der Waals surface area (Å²) in [7, 11) is 0. The molecule has 4 rings (SSSR count). The lowest BCUT2D eigenvalue weighted by Gasteiger charge is -2.24. The lowest BCUT2D eigenvalue weighted by Crippen LogP contribution is -2.26. The van der Waals surface area contributed by atoms with E-state index in [4.69, 9.17) is 9.47 Å². The molecule has 1 N–H and O–H groups in total. The lowest BCUT2D eigenvalue weighted by molar-refractivity contribution is -0.144. The van der Waals surface area contributed by atoms with E-state index in [0.717, 1.165) is 22.6 Å². The Bertz CT molecular complexity index is 1080. The molecule has 1 aromatic heterocycles. The number of nitrogens with one attached hydrogen (secondary N) is 1. The van der Waals surface area contributed by atoms with E-state index >= 15 is 0 Å². The number of rotatable bonds is 6. The Balaban J connectivity index is 1.67. The van der Waals surface area contributed by atoms with Gasteiger partial charge in [-0.1, -0.05) is 30.3 Å². The van der Waals surface area contributed by atoms with E-state index in [1.807, 2.05) is 61.5 Å². The SMILES string of the molecule is CCOC(=O)Cn1nc(C)c2c1NC(=O)C[C@@H]2c1cccc(Oc2ccccc2)c1. The summed E-state index contributed by atoms with van der Waals surface area (Å²) < 4.78 is 12.5. The summed E-state index contributed by atoms with van der Waals surface area (Å²) in [6.45, 7) is 3.89. The number of aromatic nitrogens is 2. The molecular weight excluding hydrogens is 382 g/mol. The largest absolute Gasteiger partial charge is 0.465 e. The molecule has 1 amide bonds. The van der Waals surface area contributed by atoms with E-state index in [2.05, 4.69) is 10.4 Å². The van der Waals surface area contributed by atoms with Crippen molar-refractivity contribution < 1.29 is 19.1 Å². The highest BCUT2D eigenvalue weighted by Crippen LogP contribution is 2.40. The molecule has 7 heteroatoms. The van der Waals surface area contributed by atoms with E-state index in [0.29, 0.717) is 24.6 Å². The third-order valence-electron chi connectivity index (χ3n) is 4.99. The van der Waals surface area contributed by atoms with Crippen molar-refractivity contribution in [2.75, 3.05) is 11.9 Å². The maximum Gasteiger partial charge on any atom is 0.327 e. The van der Waals surface area contributed by atoms with Gasteiger partial charge in [-0.3, -0.25) is 9.59 Å². The Morgan fingerprint density at radius 3 is 2.70 bits per heavy atom. The van der Waals surface area contributed by atoms with Gasteiger partial charge in [0.1, 0.15) is 23.9 Å². The first kappa shape index (κ1) is 19.7. The molecule has 0 saturated heterocycles. The molecule has 0 unspecified atom stereocenters. The van der Waals surface area contributed by atoms with Crippen LogP contribution in [0.25, 0.3) is 0 Å². The molecule has 1 aliphatic heterocycles. The number of para-hydroxylation sites is 1. The monoisotopic (exact) mass is 405 g/mol. The van der Waals surface area contributed by atoms with Gasteiger partial charge >= 0.3 is 5.97 Å². The van der Waals surface area contributed by atoms with Gasteiger partial charge in [0.25, 0.3) is 0 Å². The van der Waals surface area contributed by atoms with Crippen LogP contribution in [0.15, 0.2) is 54.6 Å². The molecule has 0 fully saturated rings. The highest BCUT2D eigenvalue weighted by atomic mass is 16.5. The number of amides is 1. The summed E-state index contributed by atoms with van der Waals surface area (Å²) in [6, 6.07) is 17.3. The van der Waals surface area contributed by atoms with Gasteiger partial charge in [-0.15, -0.1) is 0 Å². The number of anilines is 1. The topological polar surface area (TPSA) is 82.5 Å². The summed E-state index contributed by atoms with van der Waals surface area (Å²) in [5.41, 5.74) is 2.64. The second-order valence-corrected chi connectivity index (χ2v) is 7.10. The van der Waals surface area contributed by atoms with Gasteiger partial charge in [-0.2, -0.15) is 5.10 Å². The smallest absolute Gasteiger partial charge is 0.327 e. The number of esters is 1. The molecule has 0 aliphatic carbocycles. The maximum absolute atomic E-state index is 12.5. The normalized spacial score (nSPS) is 15.3. The lowest BCUT2D eigenvalue weighted by atomic mass is 9.86. The van der Waals surface area contributed by atoms with Gasteiger partial charge in [0, 0.05) is 17.9 Å². The molecule has 3 aromatic rings. The Hall–Kier alpha value is -3.61. The quantitative estimate of drug-likeness (QED) is 0.627. The van der Waals surface area contributed by atoms with Crippen LogP contribution in [0.1, 0.15) is 36.1 Å². The molecule has 0 saturated carbocycles. The van der Waals surface area contributed by atoms with Crippen LogP contribution in [0.3, 0.4) is 0 Å². The van der Waals surface area contributed by atoms with Crippen molar-refractivity contribution >= 4 is 17.7 Å². The summed E-state index contributed by atoms with van der Waals surface area (Å²) in [5, 5.41) is 7.36. The second-order valence-electron chi connectivity index (χ2n) is 7.10. The number of hydrogen-bond acceptors (Lipinski definition) is 5. The highest BCUT2D eigenvalue weighted by Gasteiger charge is 2.33. The van der Waals surface area contributed by atoms with Gasteiger partial charge < -0.3 is 14.8 Å². The van der Waals surface area contributed by atoms with Crippen LogP contribution in [-0.4, -0.2) is 28.3 Å². The van der Waals surface area contributed by atoms with Gasteiger partial charge in [0.15, 0.2) is 0 Å². The van der Waals surface area contributed by atoms with E-state index in [1.54, 1.807) is 6.92 Å².